The highest BCUT2D eigenvalue weighted by Crippen LogP contribution is 2.15. The fourth-order valence-electron chi connectivity index (χ4n) is 1.10. The highest BCUT2D eigenvalue weighted by atomic mass is 35.5. The van der Waals surface area contributed by atoms with Gasteiger partial charge in [-0.3, -0.25) is 4.79 Å². The van der Waals surface area contributed by atoms with Gasteiger partial charge in [0.2, 0.25) is 5.91 Å². The van der Waals surface area contributed by atoms with E-state index >= 15 is 0 Å². The van der Waals surface area contributed by atoms with Gasteiger partial charge < -0.3 is 5.73 Å². The number of hydrogen-bond acceptors (Lipinski definition) is 1. The highest BCUT2D eigenvalue weighted by molar-refractivity contribution is 6.44. The largest absolute Gasteiger partial charge is 0.366 e. The molecule has 2 nitrogen and oxygen atoms in total. The van der Waals surface area contributed by atoms with E-state index in [0.29, 0.717) is 12.0 Å². The molecule has 70 valence electrons. The Morgan fingerprint density at radius 3 is 2.54 bits per heavy atom. The van der Waals surface area contributed by atoms with Crippen LogP contribution in [-0.2, 0) is 6.42 Å². The molecule has 0 spiro atoms. The first-order chi connectivity index (χ1) is 6.11. The molecule has 1 rings (SSSR count). The number of nitrogens with two attached hydrogens (primary N) is 1. The molecule has 0 aliphatic carbocycles. The molecule has 0 fully saturated rings. The van der Waals surface area contributed by atoms with Crippen molar-refractivity contribution in [3.8, 4) is 0 Å². The van der Waals surface area contributed by atoms with Crippen molar-refractivity contribution in [2.45, 2.75) is 11.3 Å². The van der Waals surface area contributed by atoms with Crippen molar-refractivity contribution in [1.82, 2.24) is 0 Å². The molecule has 0 atom stereocenters. The lowest BCUT2D eigenvalue weighted by Gasteiger charge is -2.05. The van der Waals surface area contributed by atoms with Crippen molar-refractivity contribution in [3.63, 3.8) is 0 Å². The van der Waals surface area contributed by atoms with Gasteiger partial charge in [0.25, 0.3) is 0 Å². The molecule has 1 aromatic carbocycles. The first kappa shape index (κ1) is 10.4. The summed E-state index contributed by atoms with van der Waals surface area (Å²) in [5, 5.41) is 0. The van der Waals surface area contributed by atoms with Crippen LogP contribution >= 0.6 is 23.2 Å². The molecule has 2 N–H and O–H groups in total. The standard InChI is InChI=1S/C9H9Cl2NO/c10-8(11)5-6-3-1-2-4-7(6)9(12)13/h1-4,8H,5H2,(H2,12,13). The van der Waals surface area contributed by atoms with Gasteiger partial charge in [-0.05, 0) is 11.6 Å². The minimum absolute atomic E-state index is 0.433. The molecular weight excluding hydrogens is 209 g/mol. The second kappa shape index (κ2) is 4.49. The predicted octanol–water partition coefficient (Wildman–Crippen LogP) is 2.13. The summed E-state index contributed by atoms with van der Waals surface area (Å²) >= 11 is 11.2. The van der Waals surface area contributed by atoms with Crippen molar-refractivity contribution in [2.75, 3.05) is 0 Å². The fourth-order valence-corrected chi connectivity index (χ4v) is 1.44. The molecule has 0 unspecified atom stereocenters. The molecule has 0 aliphatic heterocycles. The number of amides is 1. The number of rotatable bonds is 3. The van der Waals surface area contributed by atoms with Gasteiger partial charge >= 0.3 is 0 Å². The van der Waals surface area contributed by atoms with Gasteiger partial charge in [-0.1, -0.05) is 18.2 Å². The van der Waals surface area contributed by atoms with Gasteiger partial charge in [-0.25, -0.2) is 0 Å². The van der Waals surface area contributed by atoms with E-state index < -0.39 is 10.7 Å². The van der Waals surface area contributed by atoms with Crippen LogP contribution in [0.1, 0.15) is 15.9 Å². The Hall–Kier alpha value is -0.730. The summed E-state index contributed by atoms with van der Waals surface area (Å²) < 4.78 is 0. The van der Waals surface area contributed by atoms with Crippen LogP contribution in [0.15, 0.2) is 24.3 Å². The predicted molar refractivity (Wildman–Crippen MR) is 54.2 cm³/mol. The molecular formula is C9H9Cl2NO. The summed E-state index contributed by atoms with van der Waals surface area (Å²) in [6.07, 6.45) is 0.433. The van der Waals surface area contributed by atoms with E-state index in [9.17, 15) is 4.79 Å². The third-order valence-corrected chi connectivity index (χ3v) is 1.97. The number of hydrogen-bond donors (Lipinski definition) is 1. The minimum Gasteiger partial charge on any atom is -0.366 e. The van der Waals surface area contributed by atoms with E-state index in [0.717, 1.165) is 5.56 Å². The normalized spacial score (nSPS) is 10.4. The lowest BCUT2D eigenvalue weighted by atomic mass is 10.1. The third-order valence-electron chi connectivity index (χ3n) is 1.66. The minimum atomic E-state index is -0.513. The number of halogens is 2. The van der Waals surface area contributed by atoms with E-state index in [4.69, 9.17) is 28.9 Å². The van der Waals surface area contributed by atoms with Crippen molar-refractivity contribution < 1.29 is 4.79 Å². The van der Waals surface area contributed by atoms with Gasteiger partial charge in [0.15, 0.2) is 0 Å². The van der Waals surface area contributed by atoms with Crippen LogP contribution in [0.4, 0.5) is 0 Å². The molecule has 4 heteroatoms. The lowest BCUT2D eigenvalue weighted by Crippen LogP contribution is -2.14. The Morgan fingerprint density at radius 1 is 1.38 bits per heavy atom. The van der Waals surface area contributed by atoms with Crippen LogP contribution in [-0.4, -0.2) is 10.7 Å². The quantitative estimate of drug-likeness (QED) is 0.776. The maximum Gasteiger partial charge on any atom is 0.248 e. The lowest BCUT2D eigenvalue weighted by molar-refractivity contribution is 0.0999. The summed E-state index contributed by atoms with van der Waals surface area (Å²) in [5.41, 5.74) is 6.43. The smallest absolute Gasteiger partial charge is 0.248 e. The van der Waals surface area contributed by atoms with Crippen LogP contribution in [0.25, 0.3) is 0 Å². The summed E-state index contributed by atoms with van der Waals surface area (Å²) in [7, 11) is 0. The molecule has 1 aromatic rings. The number of carbonyl (C=O) groups is 1. The van der Waals surface area contributed by atoms with Crippen LogP contribution < -0.4 is 5.73 Å². The Labute approximate surface area is 86.6 Å². The second-order valence-electron chi connectivity index (χ2n) is 2.62. The van der Waals surface area contributed by atoms with Crippen LogP contribution in [0, 0.1) is 0 Å². The molecule has 0 heterocycles. The van der Waals surface area contributed by atoms with E-state index in [1.54, 1.807) is 18.2 Å². The average molecular weight is 218 g/mol. The molecule has 0 saturated carbocycles. The zero-order valence-corrected chi connectivity index (χ0v) is 8.35. The monoisotopic (exact) mass is 217 g/mol. The molecule has 0 radical (unpaired) electrons. The average Bonchev–Trinajstić information content (AvgIpc) is 2.03. The number of primary amides is 1. The van der Waals surface area contributed by atoms with Crippen molar-refractivity contribution in [1.29, 1.82) is 0 Å². The Kier molecular flexibility index (Phi) is 3.58. The van der Waals surface area contributed by atoms with Crippen LogP contribution in [0.3, 0.4) is 0 Å². The number of alkyl halides is 2. The third kappa shape index (κ3) is 2.90. The van der Waals surface area contributed by atoms with Crippen molar-refractivity contribution in [2.24, 2.45) is 5.73 Å². The van der Waals surface area contributed by atoms with Gasteiger partial charge in [-0.15, -0.1) is 23.2 Å². The van der Waals surface area contributed by atoms with Crippen LogP contribution in [0.2, 0.25) is 0 Å². The SMILES string of the molecule is NC(=O)c1ccccc1CC(Cl)Cl. The Balaban J connectivity index is 2.98. The molecule has 13 heavy (non-hydrogen) atoms. The molecule has 0 bridgehead atoms. The number of benzene rings is 1. The maximum absolute atomic E-state index is 10.9. The zero-order chi connectivity index (χ0) is 9.84. The van der Waals surface area contributed by atoms with Crippen molar-refractivity contribution >= 4 is 29.1 Å². The van der Waals surface area contributed by atoms with Gasteiger partial charge in [0.1, 0.15) is 4.84 Å². The van der Waals surface area contributed by atoms with Gasteiger partial charge in [-0.2, -0.15) is 0 Å². The fraction of sp³-hybridized carbons (Fsp3) is 0.222. The van der Waals surface area contributed by atoms with Gasteiger partial charge in [0, 0.05) is 12.0 Å². The first-order valence-electron chi connectivity index (χ1n) is 3.77. The Morgan fingerprint density at radius 2 is 2.00 bits per heavy atom. The van der Waals surface area contributed by atoms with Crippen molar-refractivity contribution in [3.05, 3.63) is 35.4 Å². The molecule has 0 aromatic heterocycles. The summed E-state index contributed by atoms with van der Waals surface area (Å²) in [6, 6.07) is 7.02. The molecule has 0 aliphatic rings. The van der Waals surface area contributed by atoms with E-state index in [-0.39, 0.29) is 0 Å². The molecule has 0 saturated heterocycles. The summed E-state index contributed by atoms with van der Waals surface area (Å²) in [4.78, 5) is 10.4. The van der Waals surface area contributed by atoms with Gasteiger partial charge in [0.05, 0.1) is 0 Å². The summed E-state index contributed by atoms with van der Waals surface area (Å²) in [5.74, 6) is -0.454. The molecule has 1 amide bonds. The Bertz CT molecular complexity index is 312. The zero-order valence-electron chi connectivity index (χ0n) is 6.84. The van der Waals surface area contributed by atoms with E-state index in [2.05, 4.69) is 0 Å². The highest BCUT2D eigenvalue weighted by Gasteiger charge is 2.09. The maximum atomic E-state index is 10.9. The summed E-state index contributed by atoms with van der Waals surface area (Å²) in [6.45, 7) is 0. The number of carbonyl (C=O) groups excluding carboxylic acids is 1. The second-order valence-corrected chi connectivity index (χ2v) is 3.89. The van der Waals surface area contributed by atoms with Crippen LogP contribution in [0.5, 0.6) is 0 Å². The topological polar surface area (TPSA) is 43.1 Å². The first-order valence-corrected chi connectivity index (χ1v) is 4.64. The van der Waals surface area contributed by atoms with E-state index in [1.165, 1.54) is 0 Å². The van der Waals surface area contributed by atoms with E-state index in [1.807, 2.05) is 6.07 Å².